The van der Waals surface area contributed by atoms with E-state index >= 15 is 0 Å². The zero-order chi connectivity index (χ0) is 15.1. The van der Waals surface area contributed by atoms with E-state index in [2.05, 4.69) is 15.9 Å². The highest BCUT2D eigenvalue weighted by molar-refractivity contribution is 9.10. The summed E-state index contributed by atoms with van der Waals surface area (Å²) in [7, 11) is 1.99. The van der Waals surface area contributed by atoms with Crippen molar-refractivity contribution in [2.75, 3.05) is 0 Å². The van der Waals surface area contributed by atoms with Gasteiger partial charge in [0.1, 0.15) is 5.82 Å². The maximum absolute atomic E-state index is 12.6. The van der Waals surface area contributed by atoms with Crippen LogP contribution in [0.25, 0.3) is 0 Å². The summed E-state index contributed by atoms with van der Waals surface area (Å²) < 4.78 is 13.2. The average molecular weight is 376 g/mol. The van der Waals surface area contributed by atoms with Crippen LogP contribution in [-0.2, 0) is 0 Å². The highest BCUT2D eigenvalue weighted by Crippen LogP contribution is 2.16. The van der Waals surface area contributed by atoms with Crippen molar-refractivity contribution < 1.29 is 14.0 Å². The van der Waals surface area contributed by atoms with Crippen LogP contribution in [0, 0.1) is 5.82 Å². The Morgan fingerprint density at radius 3 is 2.05 bits per heavy atom. The van der Waals surface area contributed by atoms with Crippen LogP contribution in [-0.4, -0.2) is 10.8 Å². The summed E-state index contributed by atoms with van der Waals surface area (Å²) in [5.41, 5.74) is 0.672. The Kier molecular flexibility index (Phi) is 7.00. The molecule has 0 amide bonds. The molecule has 0 aliphatic rings. The normalized spacial score (nSPS) is 9.40. The first-order valence-electron chi connectivity index (χ1n) is 5.41. The lowest BCUT2D eigenvalue weighted by molar-refractivity contribution is 0.107. The minimum Gasteiger partial charge on any atom is -0.290 e. The second-order valence-corrected chi connectivity index (χ2v) is 5.45. The van der Waals surface area contributed by atoms with Gasteiger partial charge in [0.05, 0.1) is 0 Å². The van der Waals surface area contributed by atoms with Gasteiger partial charge in [0, 0.05) is 15.6 Å². The Labute approximate surface area is 131 Å². The van der Waals surface area contributed by atoms with Crippen LogP contribution in [0.3, 0.4) is 0 Å². The zero-order valence-electron chi connectivity index (χ0n) is 10.1. The minimum absolute atomic E-state index is 0.217. The van der Waals surface area contributed by atoms with E-state index in [0.29, 0.717) is 15.6 Å². The van der Waals surface area contributed by atoms with E-state index in [4.69, 9.17) is 11.6 Å². The third-order valence-electron chi connectivity index (χ3n) is 2.15. The number of carbonyl (C=O) groups is 2. The molecule has 0 aromatic heterocycles. The molecule has 2 nitrogen and oxygen atoms in total. The first kappa shape index (κ1) is 17.0. The largest absolute Gasteiger partial charge is 0.290 e. The predicted octanol–water partition coefficient (Wildman–Crippen LogP) is 4.67. The monoisotopic (exact) mass is 374 g/mol. The first-order valence-corrected chi connectivity index (χ1v) is 7.15. The van der Waals surface area contributed by atoms with Gasteiger partial charge in [0.25, 0.3) is 5.24 Å². The Balaban J connectivity index is 0.000000204. The van der Waals surface area contributed by atoms with Gasteiger partial charge in [-0.2, -0.15) is 0 Å². The standard InChI is InChI=1S/C7H5BrFOP.C7H5ClO/c8-5-1-4(7(10)11)2-6(9)3-5;8-7(9)6-4-2-1-3-5-6/h1-3H,11H2;1-5H. The maximum Gasteiger partial charge on any atom is 0.252 e. The summed E-state index contributed by atoms with van der Waals surface area (Å²) in [6.45, 7) is 0. The Hall–Kier alpha value is -1.09. The molecule has 0 heterocycles. The third kappa shape index (κ3) is 5.91. The van der Waals surface area contributed by atoms with Gasteiger partial charge in [0.2, 0.25) is 0 Å². The third-order valence-corrected chi connectivity index (χ3v) is 3.16. The quantitative estimate of drug-likeness (QED) is 0.565. The topological polar surface area (TPSA) is 34.1 Å². The van der Waals surface area contributed by atoms with Crippen molar-refractivity contribution in [3.8, 4) is 0 Å². The van der Waals surface area contributed by atoms with E-state index in [1.54, 1.807) is 30.3 Å². The van der Waals surface area contributed by atoms with Crippen LogP contribution < -0.4 is 0 Å². The summed E-state index contributed by atoms with van der Waals surface area (Å²) >= 11 is 8.24. The van der Waals surface area contributed by atoms with Crippen molar-refractivity contribution in [2.45, 2.75) is 0 Å². The fourth-order valence-corrected chi connectivity index (χ4v) is 2.02. The number of hydrogen-bond acceptors (Lipinski definition) is 2. The van der Waals surface area contributed by atoms with Gasteiger partial charge in [-0.05, 0) is 29.8 Å². The van der Waals surface area contributed by atoms with Crippen LogP contribution >= 0.6 is 36.8 Å². The molecule has 0 saturated carbocycles. The van der Waals surface area contributed by atoms with E-state index in [9.17, 15) is 14.0 Å². The summed E-state index contributed by atoms with van der Waals surface area (Å²) in [4.78, 5) is 21.1. The summed E-state index contributed by atoms with van der Waals surface area (Å²) in [5.74, 6) is -0.412. The molecule has 0 fully saturated rings. The Morgan fingerprint density at radius 1 is 1.05 bits per heavy atom. The van der Waals surface area contributed by atoms with Gasteiger partial charge in [-0.1, -0.05) is 55.5 Å². The molecule has 2 rings (SSSR count). The Morgan fingerprint density at radius 2 is 1.65 bits per heavy atom. The lowest BCUT2D eigenvalue weighted by Crippen LogP contribution is -1.88. The van der Waals surface area contributed by atoms with E-state index in [1.165, 1.54) is 12.1 Å². The number of benzene rings is 2. The molecule has 2 aromatic carbocycles. The molecule has 1 atom stereocenters. The van der Waals surface area contributed by atoms with Gasteiger partial charge in [-0.3, -0.25) is 9.59 Å². The molecule has 0 bridgehead atoms. The first-order chi connectivity index (χ1) is 9.40. The Bertz CT molecular complexity index is 600. The molecular formula is C14H10BrClFO2P. The van der Waals surface area contributed by atoms with Crippen molar-refractivity contribution in [1.29, 1.82) is 0 Å². The van der Waals surface area contributed by atoms with Crippen LogP contribution in [0.2, 0.25) is 0 Å². The van der Waals surface area contributed by atoms with Crippen molar-refractivity contribution >= 4 is 47.5 Å². The van der Waals surface area contributed by atoms with Crippen molar-refractivity contribution in [3.63, 3.8) is 0 Å². The summed E-state index contributed by atoms with van der Waals surface area (Å²) in [6, 6.07) is 12.8. The van der Waals surface area contributed by atoms with E-state index in [-0.39, 0.29) is 5.52 Å². The molecule has 0 radical (unpaired) electrons. The van der Waals surface area contributed by atoms with Gasteiger partial charge in [-0.25, -0.2) is 4.39 Å². The van der Waals surface area contributed by atoms with Gasteiger partial charge < -0.3 is 0 Å². The van der Waals surface area contributed by atoms with Crippen molar-refractivity contribution in [3.05, 3.63) is 69.9 Å². The lowest BCUT2D eigenvalue weighted by Gasteiger charge is -1.96. The molecule has 0 spiro atoms. The summed E-state index contributed by atoms with van der Waals surface area (Å²) in [6.07, 6.45) is 0. The second kappa shape index (κ2) is 8.25. The fourth-order valence-electron chi connectivity index (χ4n) is 1.27. The molecule has 6 heteroatoms. The van der Waals surface area contributed by atoms with Crippen LogP contribution in [0.4, 0.5) is 4.39 Å². The molecule has 0 N–H and O–H groups in total. The van der Waals surface area contributed by atoms with E-state index in [1.807, 2.05) is 15.3 Å². The minimum atomic E-state index is -0.412. The molecule has 0 aliphatic carbocycles. The van der Waals surface area contributed by atoms with Crippen LogP contribution in [0.15, 0.2) is 53.0 Å². The summed E-state index contributed by atoms with van der Waals surface area (Å²) in [5, 5.41) is -0.407. The molecule has 1 unspecified atom stereocenters. The maximum atomic E-state index is 12.6. The molecule has 20 heavy (non-hydrogen) atoms. The van der Waals surface area contributed by atoms with Crippen LogP contribution in [0.1, 0.15) is 20.7 Å². The highest BCUT2D eigenvalue weighted by atomic mass is 79.9. The SMILES string of the molecule is O=C(Cl)c1ccccc1.O=C(P)c1cc(F)cc(Br)c1. The zero-order valence-corrected chi connectivity index (χ0v) is 13.6. The molecule has 104 valence electrons. The van der Waals surface area contributed by atoms with E-state index < -0.39 is 11.1 Å². The predicted molar refractivity (Wildman–Crippen MR) is 84.8 cm³/mol. The molecule has 0 aliphatic heterocycles. The van der Waals surface area contributed by atoms with Crippen molar-refractivity contribution in [1.82, 2.24) is 0 Å². The van der Waals surface area contributed by atoms with Gasteiger partial charge in [-0.15, -0.1) is 0 Å². The number of carbonyl (C=O) groups excluding carboxylic acids is 2. The lowest BCUT2D eigenvalue weighted by atomic mass is 10.2. The molecule has 0 saturated heterocycles. The average Bonchev–Trinajstić information content (AvgIpc) is 2.39. The van der Waals surface area contributed by atoms with Crippen LogP contribution in [0.5, 0.6) is 0 Å². The van der Waals surface area contributed by atoms with Gasteiger partial charge in [0.15, 0.2) is 5.52 Å². The number of rotatable bonds is 2. The van der Waals surface area contributed by atoms with Crippen molar-refractivity contribution in [2.24, 2.45) is 0 Å². The molecule has 2 aromatic rings. The van der Waals surface area contributed by atoms with E-state index in [0.717, 1.165) is 0 Å². The molecular weight excluding hydrogens is 365 g/mol. The second-order valence-electron chi connectivity index (χ2n) is 3.66. The number of halogens is 3. The highest BCUT2D eigenvalue weighted by Gasteiger charge is 2.02. The van der Waals surface area contributed by atoms with Gasteiger partial charge >= 0.3 is 0 Å². The smallest absolute Gasteiger partial charge is 0.252 e. The number of hydrogen-bond donors (Lipinski definition) is 0. The fraction of sp³-hybridized carbons (Fsp3) is 0.